The van der Waals surface area contributed by atoms with Crippen molar-refractivity contribution in [2.24, 2.45) is 0 Å². The molecule has 0 saturated heterocycles. The van der Waals surface area contributed by atoms with Crippen molar-refractivity contribution in [2.45, 2.75) is 4.90 Å². The Morgan fingerprint density at radius 2 is 1.28 bits per heavy atom. The van der Waals surface area contributed by atoms with E-state index in [-0.39, 0.29) is 16.0 Å². The SMILES string of the molecule is COc1ccc(C(=O)NNC(=O)c2ccc(S(=O)(=O)Nc3ccccc3)cc2)cc1OC. The zero-order valence-electron chi connectivity index (χ0n) is 17.3. The van der Waals surface area contributed by atoms with Crippen LogP contribution in [0.15, 0.2) is 77.7 Å². The molecule has 0 radical (unpaired) electrons. The highest BCUT2D eigenvalue weighted by atomic mass is 32.2. The standard InChI is InChI=1S/C22H21N3O6S/c1-30-19-13-10-16(14-20(19)31-2)22(27)24-23-21(26)15-8-11-18(12-9-15)32(28,29)25-17-6-4-3-5-7-17/h3-14,25H,1-2H3,(H,23,26)(H,24,27). The molecule has 2 amide bonds. The van der Waals surface area contributed by atoms with Crippen LogP contribution in [-0.2, 0) is 10.0 Å². The van der Waals surface area contributed by atoms with Crippen molar-refractivity contribution in [3.63, 3.8) is 0 Å². The van der Waals surface area contributed by atoms with Crippen LogP contribution in [-0.4, -0.2) is 34.5 Å². The van der Waals surface area contributed by atoms with Gasteiger partial charge in [-0.15, -0.1) is 0 Å². The second-order valence-electron chi connectivity index (χ2n) is 6.47. The largest absolute Gasteiger partial charge is 0.493 e. The molecule has 32 heavy (non-hydrogen) atoms. The van der Waals surface area contributed by atoms with Crippen molar-refractivity contribution in [3.05, 3.63) is 83.9 Å². The summed E-state index contributed by atoms with van der Waals surface area (Å²) in [4.78, 5) is 24.6. The quantitative estimate of drug-likeness (QED) is 0.471. The predicted molar refractivity (Wildman–Crippen MR) is 118 cm³/mol. The maximum absolute atomic E-state index is 12.5. The van der Waals surface area contributed by atoms with Crippen LogP contribution in [0.5, 0.6) is 11.5 Å². The molecule has 0 atom stereocenters. The zero-order chi connectivity index (χ0) is 23.1. The third-order valence-corrected chi connectivity index (χ3v) is 5.79. The number of carbonyl (C=O) groups is 2. The van der Waals surface area contributed by atoms with Crippen LogP contribution in [0, 0.1) is 0 Å². The first-order chi connectivity index (χ1) is 15.3. The van der Waals surface area contributed by atoms with Crippen LogP contribution in [0.1, 0.15) is 20.7 Å². The number of ether oxygens (including phenoxy) is 2. The maximum atomic E-state index is 12.5. The topological polar surface area (TPSA) is 123 Å². The average molecular weight is 455 g/mol. The van der Waals surface area contributed by atoms with E-state index in [4.69, 9.17) is 9.47 Å². The Morgan fingerprint density at radius 3 is 1.88 bits per heavy atom. The summed E-state index contributed by atoms with van der Waals surface area (Å²) in [6, 6.07) is 18.3. The van der Waals surface area contributed by atoms with E-state index in [0.717, 1.165) is 0 Å². The highest BCUT2D eigenvalue weighted by molar-refractivity contribution is 7.92. The normalized spacial score (nSPS) is 10.7. The Balaban J connectivity index is 1.63. The molecule has 0 spiro atoms. The van der Waals surface area contributed by atoms with Gasteiger partial charge in [0.1, 0.15) is 0 Å². The number of methoxy groups -OCH3 is 2. The molecule has 0 aliphatic carbocycles. The third-order valence-electron chi connectivity index (χ3n) is 4.39. The Bertz CT molecular complexity index is 1210. The number of carbonyl (C=O) groups excluding carboxylic acids is 2. The van der Waals surface area contributed by atoms with Gasteiger partial charge in [0.15, 0.2) is 11.5 Å². The lowest BCUT2D eigenvalue weighted by atomic mass is 10.2. The van der Waals surface area contributed by atoms with Crippen molar-refractivity contribution in [1.29, 1.82) is 0 Å². The number of sulfonamides is 1. The van der Waals surface area contributed by atoms with Gasteiger partial charge in [0, 0.05) is 16.8 Å². The Labute approximate surface area is 185 Å². The fraction of sp³-hybridized carbons (Fsp3) is 0.0909. The van der Waals surface area contributed by atoms with E-state index >= 15 is 0 Å². The monoisotopic (exact) mass is 455 g/mol. The van der Waals surface area contributed by atoms with Crippen LogP contribution >= 0.6 is 0 Å². The molecule has 166 valence electrons. The van der Waals surface area contributed by atoms with Crippen molar-refractivity contribution < 1.29 is 27.5 Å². The Morgan fingerprint density at radius 1 is 0.719 bits per heavy atom. The number of rotatable bonds is 7. The highest BCUT2D eigenvalue weighted by Crippen LogP contribution is 2.27. The van der Waals surface area contributed by atoms with E-state index < -0.39 is 21.8 Å². The van der Waals surface area contributed by atoms with Gasteiger partial charge in [0.25, 0.3) is 21.8 Å². The van der Waals surface area contributed by atoms with Crippen molar-refractivity contribution in [3.8, 4) is 11.5 Å². The molecule has 3 aromatic rings. The molecule has 10 heteroatoms. The molecule has 0 aliphatic heterocycles. The van der Waals surface area contributed by atoms with E-state index in [2.05, 4.69) is 15.6 Å². The molecule has 0 saturated carbocycles. The third kappa shape index (κ3) is 5.35. The number of hydrogen-bond acceptors (Lipinski definition) is 6. The molecule has 9 nitrogen and oxygen atoms in total. The molecule has 3 aromatic carbocycles. The van der Waals surface area contributed by atoms with Gasteiger partial charge in [0.2, 0.25) is 0 Å². The van der Waals surface area contributed by atoms with E-state index in [1.165, 1.54) is 50.6 Å². The molecule has 0 unspecified atom stereocenters. The van der Waals surface area contributed by atoms with Crippen molar-refractivity contribution in [1.82, 2.24) is 10.9 Å². The lowest BCUT2D eigenvalue weighted by molar-refractivity contribution is 0.0846. The lowest BCUT2D eigenvalue weighted by Gasteiger charge is -2.11. The van der Waals surface area contributed by atoms with Crippen molar-refractivity contribution >= 4 is 27.5 Å². The first kappa shape index (κ1) is 22.6. The second kappa shape index (κ2) is 9.84. The highest BCUT2D eigenvalue weighted by Gasteiger charge is 2.16. The van der Waals surface area contributed by atoms with E-state index in [1.54, 1.807) is 36.4 Å². The van der Waals surface area contributed by atoms with Crippen LogP contribution in [0.25, 0.3) is 0 Å². The van der Waals surface area contributed by atoms with Crippen LogP contribution in [0.3, 0.4) is 0 Å². The van der Waals surface area contributed by atoms with Gasteiger partial charge in [-0.3, -0.25) is 25.2 Å². The van der Waals surface area contributed by atoms with Gasteiger partial charge in [-0.2, -0.15) is 0 Å². The molecule has 0 aliphatic rings. The molecule has 0 fully saturated rings. The molecule has 0 heterocycles. The minimum absolute atomic E-state index is 0.00716. The predicted octanol–water partition coefficient (Wildman–Crippen LogP) is 2.58. The maximum Gasteiger partial charge on any atom is 0.269 e. The number of nitrogens with one attached hydrogen (secondary N) is 3. The van der Waals surface area contributed by atoms with E-state index in [1.807, 2.05) is 0 Å². The Kier molecular flexibility index (Phi) is 6.96. The first-order valence-corrected chi connectivity index (χ1v) is 10.8. The summed E-state index contributed by atoms with van der Waals surface area (Å²) >= 11 is 0. The minimum atomic E-state index is -3.80. The summed E-state index contributed by atoms with van der Waals surface area (Å²) < 4.78 is 37.7. The number of amides is 2. The van der Waals surface area contributed by atoms with Gasteiger partial charge in [-0.1, -0.05) is 18.2 Å². The number of hydrogen-bond donors (Lipinski definition) is 3. The minimum Gasteiger partial charge on any atom is -0.493 e. The summed E-state index contributed by atoms with van der Waals surface area (Å²) in [6.45, 7) is 0. The average Bonchev–Trinajstić information content (AvgIpc) is 2.82. The van der Waals surface area contributed by atoms with Gasteiger partial charge < -0.3 is 9.47 Å². The summed E-state index contributed by atoms with van der Waals surface area (Å²) in [5.74, 6) is -0.346. The van der Waals surface area contributed by atoms with Crippen LogP contribution in [0.4, 0.5) is 5.69 Å². The van der Waals surface area contributed by atoms with Gasteiger partial charge in [-0.25, -0.2) is 8.42 Å². The smallest absolute Gasteiger partial charge is 0.269 e. The van der Waals surface area contributed by atoms with E-state index in [0.29, 0.717) is 17.2 Å². The number of hydrazine groups is 1. The Hall–Kier alpha value is -4.05. The second-order valence-corrected chi connectivity index (χ2v) is 8.16. The first-order valence-electron chi connectivity index (χ1n) is 9.34. The van der Waals surface area contributed by atoms with E-state index in [9.17, 15) is 18.0 Å². The summed E-state index contributed by atoms with van der Waals surface area (Å²) in [7, 11) is -0.880. The zero-order valence-corrected chi connectivity index (χ0v) is 18.1. The molecule has 0 aromatic heterocycles. The lowest BCUT2D eigenvalue weighted by Crippen LogP contribution is -2.41. The number of para-hydroxylation sites is 1. The fourth-order valence-corrected chi connectivity index (χ4v) is 3.80. The molecule has 0 bridgehead atoms. The molecular formula is C22H21N3O6S. The summed E-state index contributed by atoms with van der Waals surface area (Å²) in [5.41, 5.74) is 5.42. The van der Waals surface area contributed by atoms with Crippen molar-refractivity contribution in [2.75, 3.05) is 18.9 Å². The molecule has 3 N–H and O–H groups in total. The number of anilines is 1. The molecule has 3 rings (SSSR count). The van der Waals surface area contributed by atoms with Gasteiger partial charge in [-0.05, 0) is 54.6 Å². The number of benzene rings is 3. The summed E-state index contributed by atoms with van der Waals surface area (Å²) in [5, 5.41) is 0. The summed E-state index contributed by atoms with van der Waals surface area (Å²) in [6.07, 6.45) is 0. The van der Waals surface area contributed by atoms with Crippen LogP contribution in [0.2, 0.25) is 0 Å². The van der Waals surface area contributed by atoms with Crippen LogP contribution < -0.4 is 25.0 Å². The fourth-order valence-electron chi connectivity index (χ4n) is 2.74. The van der Waals surface area contributed by atoms with Gasteiger partial charge in [0.05, 0.1) is 19.1 Å². The molecular weight excluding hydrogens is 434 g/mol. The van der Waals surface area contributed by atoms with Gasteiger partial charge >= 0.3 is 0 Å².